The van der Waals surface area contributed by atoms with E-state index in [-0.39, 0.29) is 5.91 Å². The van der Waals surface area contributed by atoms with Crippen molar-refractivity contribution in [2.75, 3.05) is 20.3 Å². The van der Waals surface area contributed by atoms with Crippen molar-refractivity contribution in [2.45, 2.75) is 13.3 Å². The van der Waals surface area contributed by atoms with Gasteiger partial charge < -0.3 is 10.1 Å². The highest BCUT2D eigenvalue weighted by Crippen LogP contribution is 1.78. The van der Waals surface area contributed by atoms with Crippen LogP contribution < -0.4 is 5.32 Å². The Morgan fingerprint density at radius 3 is 2.91 bits per heavy atom. The molecule has 0 spiro atoms. The molecule has 0 saturated heterocycles. The minimum atomic E-state index is -0.0519. The van der Waals surface area contributed by atoms with Crippen LogP contribution in [0.2, 0.25) is 0 Å². The summed E-state index contributed by atoms with van der Waals surface area (Å²) in [7, 11) is 1.61. The Morgan fingerprint density at radius 1 is 1.64 bits per heavy atom. The van der Waals surface area contributed by atoms with Gasteiger partial charge in [0.05, 0.1) is 6.61 Å². The number of rotatable bonds is 5. The fourth-order valence-electron chi connectivity index (χ4n) is 0.560. The highest BCUT2D eigenvalue weighted by molar-refractivity contribution is 5.87. The van der Waals surface area contributed by atoms with Crippen LogP contribution >= 0.6 is 0 Å². The predicted molar refractivity (Wildman–Crippen MR) is 44.3 cm³/mol. The third kappa shape index (κ3) is 7.06. The average molecular weight is 157 g/mol. The lowest BCUT2D eigenvalue weighted by atomic mass is 10.4. The topological polar surface area (TPSA) is 38.3 Å². The molecular weight excluding hydrogens is 142 g/mol. The van der Waals surface area contributed by atoms with Gasteiger partial charge >= 0.3 is 0 Å². The second-order valence-corrected chi connectivity index (χ2v) is 2.09. The summed E-state index contributed by atoms with van der Waals surface area (Å²) < 4.78 is 4.76. The summed E-state index contributed by atoms with van der Waals surface area (Å²) >= 11 is 0. The molecule has 0 radical (unpaired) electrons. The smallest absolute Gasteiger partial charge is 0.243 e. The van der Waals surface area contributed by atoms with Crippen molar-refractivity contribution in [1.29, 1.82) is 0 Å². The third-order valence-corrected chi connectivity index (χ3v) is 1.11. The maximum Gasteiger partial charge on any atom is 0.243 e. The van der Waals surface area contributed by atoms with Gasteiger partial charge in [-0.15, -0.1) is 0 Å². The molecule has 0 saturated carbocycles. The molecule has 1 amide bonds. The van der Waals surface area contributed by atoms with E-state index in [0.29, 0.717) is 13.2 Å². The van der Waals surface area contributed by atoms with Crippen molar-refractivity contribution in [1.82, 2.24) is 5.32 Å². The molecule has 11 heavy (non-hydrogen) atoms. The molecule has 0 aliphatic rings. The van der Waals surface area contributed by atoms with Crippen molar-refractivity contribution in [2.24, 2.45) is 0 Å². The Hall–Kier alpha value is -0.830. The van der Waals surface area contributed by atoms with Crippen molar-refractivity contribution in [3.8, 4) is 0 Å². The number of nitrogens with one attached hydrogen (secondary N) is 1. The zero-order chi connectivity index (χ0) is 8.53. The van der Waals surface area contributed by atoms with E-state index in [9.17, 15) is 4.79 Å². The summed E-state index contributed by atoms with van der Waals surface area (Å²) in [5.41, 5.74) is 0. The van der Waals surface area contributed by atoms with E-state index in [0.717, 1.165) is 6.42 Å². The Bertz CT molecular complexity index is 132. The number of carbonyl (C=O) groups is 1. The predicted octanol–water partition coefficient (Wildman–Crippen LogP) is 0.715. The molecule has 0 aromatic heterocycles. The lowest BCUT2D eigenvalue weighted by molar-refractivity contribution is -0.116. The average Bonchev–Trinajstić information content (AvgIpc) is 2.01. The van der Waals surface area contributed by atoms with Crippen LogP contribution in [-0.2, 0) is 9.53 Å². The van der Waals surface area contributed by atoms with Crippen LogP contribution in [-0.4, -0.2) is 26.2 Å². The first-order valence-electron chi connectivity index (χ1n) is 3.74. The van der Waals surface area contributed by atoms with Crippen LogP contribution in [0.15, 0.2) is 12.2 Å². The Kier molecular flexibility index (Phi) is 6.73. The highest BCUT2D eigenvalue weighted by Gasteiger charge is 1.90. The van der Waals surface area contributed by atoms with Gasteiger partial charge in [-0.05, 0) is 12.5 Å². The van der Waals surface area contributed by atoms with E-state index in [2.05, 4.69) is 5.32 Å². The molecule has 0 rings (SSSR count). The van der Waals surface area contributed by atoms with Gasteiger partial charge in [0.15, 0.2) is 0 Å². The molecular formula is C8H15NO2. The highest BCUT2D eigenvalue weighted by atomic mass is 16.5. The van der Waals surface area contributed by atoms with Crippen LogP contribution in [0, 0.1) is 0 Å². The second kappa shape index (κ2) is 7.28. The third-order valence-electron chi connectivity index (χ3n) is 1.11. The Labute approximate surface area is 67.4 Å². The quantitative estimate of drug-likeness (QED) is 0.471. The van der Waals surface area contributed by atoms with Gasteiger partial charge in [0.2, 0.25) is 5.91 Å². The molecule has 0 unspecified atom stereocenters. The molecule has 64 valence electrons. The number of amides is 1. The standard InChI is InChI=1S/C8H15NO2/c1-3-4-5-8(10)9-6-7-11-2/h4-5H,3,6-7H2,1-2H3,(H,9,10)/b5-4+. The maximum atomic E-state index is 10.8. The number of hydrogen-bond donors (Lipinski definition) is 1. The Morgan fingerprint density at radius 2 is 2.36 bits per heavy atom. The molecule has 0 fully saturated rings. The first-order valence-corrected chi connectivity index (χ1v) is 3.74. The summed E-state index contributed by atoms with van der Waals surface area (Å²) in [5, 5.41) is 2.67. The van der Waals surface area contributed by atoms with Gasteiger partial charge in [-0.3, -0.25) is 4.79 Å². The minimum absolute atomic E-state index is 0.0519. The minimum Gasteiger partial charge on any atom is -0.383 e. The van der Waals surface area contributed by atoms with E-state index < -0.39 is 0 Å². The van der Waals surface area contributed by atoms with Gasteiger partial charge in [-0.1, -0.05) is 13.0 Å². The largest absolute Gasteiger partial charge is 0.383 e. The van der Waals surface area contributed by atoms with Gasteiger partial charge in [0.25, 0.3) is 0 Å². The molecule has 0 heterocycles. The zero-order valence-corrected chi connectivity index (χ0v) is 7.09. The molecule has 1 N–H and O–H groups in total. The van der Waals surface area contributed by atoms with Crippen LogP contribution in [0.3, 0.4) is 0 Å². The Balaban J connectivity index is 3.30. The second-order valence-electron chi connectivity index (χ2n) is 2.09. The van der Waals surface area contributed by atoms with E-state index in [1.54, 1.807) is 7.11 Å². The fraction of sp³-hybridized carbons (Fsp3) is 0.625. The lowest BCUT2D eigenvalue weighted by Crippen LogP contribution is -2.24. The number of carbonyl (C=O) groups excluding carboxylic acids is 1. The van der Waals surface area contributed by atoms with Crippen LogP contribution in [0.25, 0.3) is 0 Å². The normalized spacial score (nSPS) is 10.4. The SMILES string of the molecule is CC/C=C/C(=O)NCCOC. The number of methoxy groups -OCH3 is 1. The summed E-state index contributed by atoms with van der Waals surface area (Å²) in [6.07, 6.45) is 4.25. The lowest BCUT2D eigenvalue weighted by Gasteiger charge is -1.98. The monoisotopic (exact) mass is 157 g/mol. The van der Waals surface area contributed by atoms with Crippen LogP contribution in [0.1, 0.15) is 13.3 Å². The molecule has 0 aromatic rings. The van der Waals surface area contributed by atoms with Crippen molar-refractivity contribution >= 4 is 5.91 Å². The van der Waals surface area contributed by atoms with Gasteiger partial charge in [0.1, 0.15) is 0 Å². The van der Waals surface area contributed by atoms with E-state index in [4.69, 9.17) is 4.74 Å². The molecule has 0 aliphatic heterocycles. The summed E-state index contributed by atoms with van der Waals surface area (Å²) in [6.45, 7) is 3.12. The van der Waals surface area contributed by atoms with E-state index in [1.807, 2.05) is 13.0 Å². The van der Waals surface area contributed by atoms with E-state index >= 15 is 0 Å². The maximum absolute atomic E-state index is 10.8. The number of ether oxygens (including phenoxy) is 1. The summed E-state index contributed by atoms with van der Waals surface area (Å²) in [5.74, 6) is -0.0519. The molecule has 0 aliphatic carbocycles. The zero-order valence-electron chi connectivity index (χ0n) is 7.09. The first kappa shape index (κ1) is 10.2. The number of allylic oxidation sites excluding steroid dienone is 1. The first-order chi connectivity index (χ1) is 5.31. The van der Waals surface area contributed by atoms with Crippen molar-refractivity contribution in [3.05, 3.63) is 12.2 Å². The molecule has 3 heteroatoms. The van der Waals surface area contributed by atoms with E-state index in [1.165, 1.54) is 6.08 Å². The molecule has 3 nitrogen and oxygen atoms in total. The van der Waals surface area contributed by atoms with Crippen molar-refractivity contribution < 1.29 is 9.53 Å². The molecule has 0 aromatic carbocycles. The molecule has 0 bridgehead atoms. The van der Waals surface area contributed by atoms with Gasteiger partial charge in [-0.2, -0.15) is 0 Å². The summed E-state index contributed by atoms with van der Waals surface area (Å²) in [4.78, 5) is 10.8. The summed E-state index contributed by atoms with van der Waals surface area (Å²) in [6, 6.07) is 0. The van der Waals surface area contributed by atoms with Crippen LogP contribution in [0.4, 0.5) is 0 Å². The molecule has 0 atom stereocenters. The fourth-order valence-corrected chi connectivity index (χ4v) is 0.560. The van der Waals surface area contributed by atoms with Crippen molar-refractivity contribution in [3.63, 3.8) is 0 Å². The number of hydrogen-bond acceptors (Lipinski definition) is 2. The van der Waals surface area contributed by atoms with Crippen LogP contribution in [0.5, 0.6) is 0 Å². The van der Waals surface area contributed by atoms with Gasteiger partial charge in [0, 0.05) is 13.7 Å². The van der Waals surface area contributed by atoms with Gasteiger partial charge in [-0.25, -0.2) is 0 Å².